The van der Waals surface area contributed by atoms with Gasteiger partial charge in [0, 0.05) is 0 Å². The molecular formula is C7H14FNO2. The highest BCUT2D eigenvalue weighted by molar-refractivity contribution is 5.77. The number of nitrogens with two attached hydrogens (primary N) is 1. The van der Waals surface area contributed by atoms with Gasteiger partial charge in [0.25, 0.3) is 0 Å². The van der Waals surface area contributed by atoms with Crippen LogP contribution in [0.1, 0.15) is 26.2 Å². The molecule has 0 aliphatic rings. The summed E-state index contributed by atoms with van der Waals surface area (Å²) in [5.74, 6) is -1.03. The summed E-state index contributed by atoms with van der Waals surface area (Å²) < 4.78 is 11.6. The van der Waals surface area contributed by atoms with Crippen molar-refractivity contribution in [2.75, 3.05) is 6.67 Å². The average Bonchev–Trinajstić information content (AvgIpc) is 1.88. The Morgan fingerprint density at radius 1 is 1.64 bits per heavy atom. The minimum atomic E-state index is -1.20. The number of aliphatic carboxylic acids is 1. The Morgan fingerprint density at radius 3 is 2.55 bits per heavy atom. The third-order valence-corrected chi connectivity index (χ3v) is 1.57. The highest BCUT2D eigenvalue weighted by Crippen LogP contribution is 2.10. The van der Waals surface area contributed by atoms with E-state index < -0.39 is 18.2 Å². The summed E-state index contributed by atoms with van der Waals surface area (Å²) in [5, 5.41) is 8.52. The molecule has 0 heterocycles. The van der Waals surface area contributed by atoms with Gasteiger partial charge in [0.15, 0.2) is 0 Å². The lowest BCUT2D eigenvalue weighted by atomic mass is 9.97. The zero-order valence-corrected chi connectivity index (χ0v) is 6.64. The molecule has 3 N–H and O–H groups in total. The van der Waals surface area contributed by atoms with E-state index >= 15 is 0 Å². The number of halogens is 1. The second-order valence-corrected chi connectivity index (χ2v) is 2.87. The molecular weight excluding hydrogens is 149 g/mol. The Bertz CT molecular complexity index is 136. The van der Waals surface area contributed by atoms with Crippen LogP contribution in [0, 0.1) is 0 Å². The van der Waals surface area contributed by atoms with Crippen molar-refractivity contribution in [1.82, 2.24) is 0 Å². The number of carboxylic acids is 1. The minimum absolute atomic E-state index is 0.326. The SMILES string of the molecule is CC(N)(CCCCF)C(=O)O. The largest absolute Gasteiger partial charge is 0.480 e. The van der Waals surface area contributed by atoms with Gasteiger partial charge in [-0.3, -0.25) is 9.18 Å². The molecule has 3 nitrogen and oxygen atoms in total. The lowest BCUT2D eigenvalue weighted by Crippen LogP contribution is -2.44. The molecule has 0 aromatic rings. The van der Waals surface area contributed by atoms with Crippen molar-refractivity contribution in [1.29, 1.82) is 0 Å². The predicted molar refractivity (Wildman–Crippen MR) is 40.1 cm³/mol. The highest BCUT2D eigenvalue weighted by atomic mass is 19.1. The summed E-state index contributed by atoms with van der Waals surface area (Å²) in [7, 11) is 0. The van der Waals surface area contributed by atoms with E-state index in [1.54, 1.807) is 0 Å². The van der Waals surface area contributed by atoms with E-state index in [0.717, 1.165) is 0 Å². The molecule has 0 saturated carbocycles. The van der Waals surface area contributed by atoms with Crippen LogP contribution in [0.25, 0.3) is 0 Å². The summed E-state index contributed by atoms with van der Waals surface area (Å²) in [4.78, 5) is 10.4. The van der Waals surface area contributed by atoms with Crippen LogP contribution < -0.4 is 5.73 Å². The second kappa shape index (κ2) is 4.28. The first-order valence-corrected chi connectivity index (χ1v) is 3.59. The number of alkyl halides is 1. The minimum Gasteiger partial charge on any atom is -0.480 e. The maximum absolute atomic E-state index is 11.6. The van der Waals surface area contributed by atoms with Crippen LogP contribution in [0.4, 0.5) is 4.39 Å². The number of unbranched alkanes of at least 4 members (excludes halogenated alkanes) is 1. The molecule has 0 fully saturated rings. The van der Waals surface area contributed by atoms with E-state index in [0.29, 0.717) is 19.3 Å². The van der Waals surface area contributed by atoms with Crippen molar-refractivity contribution in [3.8, 4) is 0 Å². The zero-order chi connectivity index (χ0) is 8.91. The van der Waals surface area contributed by atoms with E-state index in [2.05, 4.69) is 0 Å². The Morgan fingerprint density at radius 2 is 2.18 bits per heavy atom. The second-order valence-electron chi connectivity index (χ2n) is 2.87. The number of carboxylic acid groups (broad SMARTS) is 1. The molecule has 0 bridgehead atoms. The van der Waals surface area contributed by atoms with Gasteiger partial charge in [-0.2, -0.15) is 0 Å². The summed E-state index contributed by atoms with van der Waals surface area (Å²) in [6.07, 6.45) is 1.24. The maximum atomic E-state index is 11.6. The molecule has 11 heavy (non-hydrogen) atoms. The fourth-order valence-corrected chi connectivity index (χ4v) is 0.694. The molecule has 66 valence electrons. The summed E-state index contributed by atoms with van der Waals surface area (Å²) in [6, 6.07) is 0. The normalized spacial score (nSPS) is 15.9. The van der Waals surface area contributed by atoms with Crippen molar-refractivity contribution in [2.45, 2.75) is 31.7 Å². The number of hydrogen-bond acceptors (Lipinski definition) is 2. The van der Waals surface area contributed by atoms with Crippen LogP contribution in [0.15, 0.2) is 0 Å². The van der Waals surface area contributed by atoms with Gasteiger partial charge in [-0.15, -0.1) is 0 Å². The van der Waals surface area contributed by atoms with Gasteiger partial charge in [0.1, 0.15) is 5.54 Å². The third kappa shape index (κ3) is 3.93. The first-order valence-electron chi connectivity index (χ1n) is 3.59. The van der Waals surface area contributed by atoms with Gasteiger partial charge >= 0.3 is 5.97 Å². The van der Waals surface area contributed by atoms with Crippen molar-refractivity contribution in [3.05, 3.63) is 0 Å². The lowest BCUT2D eigenvalue weighted by molar-refractivity contribution is -0.142. The Hall–Kier alpha value is -0.640. The van der Waals surface area contributed by atoms with Crippen LogP contribution in [-0.4, -0.2) is 23.3 Å². The number of carbonyl (C=O) groups is 1. The smallest absolute Gasteiger partial charge is 0.323 e. The quantitative estimate of drug-likeness (QED) is 0.592. The number of hydrogen-bond donors (Lipinski definition) is 2. The van der Waals surface area contributed by atoms with Gasteiger partial charge in [0.05, 0.1) is 6.67 Å². The topological polar surface area (TPSA) is 63.3 Å². The van der Waals surface area contributed by atoms with E-state index in [1.165, 1.54) is 6.92 Å². The monoisotopic (exact) mass is 163 g/mol. The van der Waals surface area contributed by atoms with Gasteiger partial charge in [-0.25, -0.2) is 0 Å². The van der Waals surface area contributed by atoms with E-state index in [-0.39, 0.29) is 0 Å². The molecule has 0 aromatic carbocycles. The molecule has 0 amide bonds. The van der Waals surface area contributed by atoms with Crippen molar-refractivity contribution in [2.24, 2.45) is 5.73 Å². The molecule has 4 heteroatoms. The van der Waals surface area contributed by atoms with Crippen LogP contribution in [-0.2, 0) is 4.79 Å². The fourth-order valence-electron chi connectivity index (χ4n) is 0.694. The van der Waals surface area contributed by atoms with E-state index in [4.69, 9.17) is 10.8 Å². The average molecular weight is 163 g/mol. The van der Waals surface area contributed by atoms with Crippen LogP contribution >= 0.6 is 0 Å². The van der Waals surface area contributed by atoms with Crippen molar-refractivity contribution >= 4 is 5.97 Å². The molecule has 0 rings (SSSR count). The van der Waals surface area contributed by atoms with Gasteiger partial charge in [0.2, 0.25) is 0 Å². The Labute approximate surface area is 65.4 Å². The molecule has 1 unspecified atom stereocenters. The van der Waals surface area contributed by atoms with Gasteiger partial charge in [-0.1, -0.05) is 0 Å². The van der Waals surface area contributed by atoms with Crippen LogP contribution in [0.3, 0.4) is 0 Å². The highest BCUT2D eigenvalue weighted by Gasteiger charge is 2.26. The van der Waals surface area contributed by atoms with Crippen molar-refractivity contribution < 1.29 is 14.3 Å². The molecule has 0 aromatic heterocycles. The third-order valence-electron chi connectivity index (χ3n) is 1.57. The Kier molecular flexibility index (Phi) is 4.03. The molecule has 1 atom stereocenters. The zero-order valence-electron chi connectivity index (χ0n) is 6.64. The summed E-state index contributed by atoms with van der Waals surface area (Å²) in [6.45, 7) is 1.03. The van der Waals surface area contributed by atoms with E-state index in [1.807, 2.05) is 0 Å². The fraction of sp³-hybridized carbons (Fsp3) is 0.857. The van der Waals surface area contributed by atoms with Crippen molar-refractivity contribution in [3.63, 3.8) is 0 Å². The maximum Gasteiger partial charge on any atom is 0.323 e. The summed E-state index contributed by atoms with van der Waals surface area (Å²) in [5.41, 5.74) is 4.18. The summed E-state index contributed by atoms with van der Waals surface area (Å²) >= 11 is 0. The van der Waals surface area contributed by atoms with E-state index in [9.17, 15) is 9.18 Å². The first-order chi connectivity index (χ1) is 5.00. The molecule has 0 radical (unpaired) electrons. The lowest BCUT2D eigenvalue weighted by Gasteiger charge is -2.17. The van der Waals surface area contributed by atoms with Gasteiger partial charge in [-0.05, 0) is 26.2 Å². The molecule has 0 spiro atoms. The van der Waals surface area contributed by atoms with Crippen LogP contribution in [0.2, 0.25) is 0 Å². The predicted octanol–water partition coefficient (Wildman–Crippen LogP) is 0.928. The molecule has 0 aliphatic heterocycles. The van der Waals surface area contributed by atoms with Gasteiger partial charge < -0.3 is 10.8 Å². The molecule has 0 aliphatic carbocycles. The first kappa shape index (κ1) is 10.4. The Balaban J connectivity index is 3.64. The standard InChI is InChI=1S/C7H14FNO2/c1-7(9,6(10)11)4-2-3-5-8/h2-5,9H2,1H3,(H,10,11). The molecule has 0 saturated heterocycles. The number of rotatable bonds is 5. The van der Waals surface area contributed by atoms with Crippen LogP contribution in [0.5, 0.6) is 0 Å².